The topological polar surface area (TPSA) is 33.2 Å². The highest BCUT2D eigenvalue weighted by molar-refractivity contribution is 9.10. The lowest BCUT2D eigenvalue weighted by molar-refractivity contribution is 0.0629. The number of carbonyl (C=O) groups excluding carboxylic acids is 1. The third-order valence-electron chi connectivity index (χ3n) is 3.69. The van der Waals surface area contributed by atoms with E-state index in [0.717, 1.165) is 36.1 Å². The van der Waals surface area contributed by atoms with Crippen molar-refractivity contribution in [3.63, 3.8) is 0 Å². The molecule has 0 unspecified atom stereocenters. The third kappa shape index (κ3) is 2.91. The normalized spacial score (nSPS) is 18.8. The number of piperidine rings is 1. The van der Waals surface area contributed by atoms with Gasteiger partial charge in [-0.2, -0.15) is 0 Å². The number of nitrogens with zero attached hydrogens (tertiary/aromatic N) is 2. The molecule has 0 spiro atoms. The van der Waals surface area contributed by atoms with E-state index in [0.29, 0.717) is 11.0 Å². The van der Waals surface area contributed by atoms with Crippen molar-refractivity contribution < 1.29 is 4.79 Å². The summed E-state index contributed by atoms with van der Waals surface area (Å²) < 4.78 is 0.855. The van der Waals surface area contributed by atoms with E-state index < -0.39 is 0 Å². The van der Waals surface area contributed by atoms with E-state index in [2.05, 4.69) is 34.8 Å². The number of rotatable bonds is 1. The maximum Gasteiger partial charge on any atom is 0.255 e. The van der Waals surface area contributed by atoms with Gasteiger partial charge in [-0.15, -0.1) is 0 Å². The molecule has 1 aromatic heterocycles. The first kappa shape index (κ1) is 13.5. The Bertz CT molecular complexity index is 461. The van der Waals surface area contributed by atoms with Crippen molar-refractivity contribution in [2.24, 2.45) is 5.41 Å². The maximum absolute atomic E-state index is 12.4. The standard InChI is InChI=1S/C14H19BrN2O/c1-10-12(8-11(15)9-16-10)13(18)17-6-4-14(2,3)5-7-17/h8-9H,4-7H2,1-3H3. The average Bonchev–Trinajstić information content (AvgIpc) is 2.31. The number of hydrogen-bond acceptors (Lipinski definition) is 2. The summed E-state index contributed by atoms with van der Waals surface area (Å²) >= 11 is 3.37. The molecule has 1 amide bonds. The molecule has 0 aromatic carbocycles. The highest BCUT2D eigenvalue weighted by atomic mass is 79.9. The predicted molar refractivity (Wildman–Crippen MR) is 75.6 cm³/mol. The minimum Gasteiger partial charge on any atom is -0.339 e. The molecule has 1 fully saturated rings. The van der Waals surface area contributed by atoms with Crippen LogP contribution in [0.4, 0.5) is 0 Å². The Morgan fingerprint density at radius 2 is 2.00 bits per heavy atom. The summed E-state index contributed by atoms with van der Waals surface area (Å²) in [6, 6.07) is 1.87. The summed E-state index contributed by atoms with van der Waals surface area (Å²) in [5.74, 6) is 0.108. The number of halogens is 1. The van der Waals surface area contributed by atoms with Gasteiger partial charge in [-0.1, -0.05) is 13.8 Å². The van der Waals surface area contributed by atoms with Gasteiger partial charge in [-0.3, -0.25) is 9.78 Å². The van der Waals surface area contributed by atoms with Crippen LogP contribution in [0.3, 0.4) is 0 Å². The van der Waals surface area contributed by atoms with Gasteiger partial charge in [0, 0.05) is 23.8 Å². The summed E-state index contributed by atoms with van der Waals surface area (Å²) in [5, 5.41) is 0. The van der Waals surface area contributed by atoms with Crippen molar-refractivity contribution in [3.8, 4) is 0 Å². The molecular weight excluding hydrogens is 292 g/mol. The summed E-state index contributed by atoms with van der Waals surface area (Å²) in [6.07, 6.45) is 3.86. The van der Waals surface area contributed by atoms with Crippen LogP contribution in [0, 0.1) is 12.3 Å². The molecule has 0 N–H and O–H groups in total. The monoisotopic (exact) mass is 310 g/mol. The van der Waals surface area contributed by atoms with Crippen molar-refractivity contribution in [1.82, 2.24) is 9.88 Å². The van der Waals surface area contributed by atoms with Crippen LogP contribution in [0.25, 0.3) is 0 Å². The molecule has 18 heavy (non-hydrogen) atoms. The molecule has 4 heteroatoms. The van der Waals surface area contributed by atoms with Crippen LogP contribution in [-0.4, -0.2) is 28.9 Å². The van der Waals surface area contributed by atoms with Crippen LogP contribution in [0.1, 0.15) is 42.7 Å². The summed E-state index contributed by atoms with van der Waals surface area (Å²) in [7, 11) is 0. The van der Waals surface area contributed by atoms with Gasteiger partial charge in [0.25, 0.3) is 5.91 Å². The number of hydrogen-bond donors (Lipinski definition) is 0. The Balaban J connectivity index is 2.15. The second-order valence-electron chi connectivity index (χ2n) is 5.74. The first-order chi connectivity index (χ1) is 8.39. The molecule has 1 aromatic rings. The van der Waals surface area contributed by atoms with Crippen LogP contribution in [0.2, 0.25) is 0 Å². The van der Waals surface area contributed by atoms with Crippen LogP contribution in [0.5, 0.6) is 0 Å². The number of likely N-dealkylation sites (tertiary alicyclic amines) is 1. The molecule has 98 valence electrons. The summed E-state index contributed by atoms with van der Waals surface area (Å²) in [6.45, 7) is 8.10. The van der Waals surface area contributed by atoms with Gasteiger partial charge in [0.15, 0.2) is 0 Å². The lowest BCUT2D eigenvalue weighted by atomic mass is 9.82. The second kappa shape index (κ2) is 5.00. The zero-order chi connectivity index (χ0) is 13.3. The molecular formula is C14H19BrN2O. The lowest BCUT2D eigenvalue weighted by Gasteiger charge is -2.37. The van der Waals surface area contributed by atoms with Crippen LogP contribution in [-0.2, 0) is 0 Å². The van der Waals surface area contributed by atoms with E-state index in [1.54, 1.807) is 6.20 Å². The van der Waals surface area contributed by atoms with Gasteiger partial charge in [0.05, 0.1) is 11.3 Å². The van der Waals surface area contributed by atoms with Crippen molar-refractivity contribution >= 4 is 21.8 Å². The fourth-order valence-corrected chi connectivity index (χ4v) is 2.54. The molecule has 0 bridgehead atoms. The van der Waals surface area contributed by atoms with Crippen molar-refractivity contribution in [2.75, 3.05) is 13.1 Å². The third-order valence-corrected chi connectivity index (χ3v) is 4.12. The molecule has 3 nitrogen and oxygen atoms in total. The van der Waals surface area contributed by atoms with Gasteiger partial charge in [0.1, 0.15) is 0 Å². The highest BCUT2D eigenvalue weighted by Crippen LogP contribution is 2.30. The number of amides is 1. The lowest BCUT2D eigenvalue weighted by Crippen LogP contribution is -2.41. The Kier molecular flexibility index (Phi) is 3.76. The first-order valence-corrected chi connectivity index (χ1v) is 7.10. The van der Waals surface area contributed by atoms with Crippen molar-refractivity contribution in [2.45, 2.75) is 33.6 Å². The minimum absolute atomic E-state index is 0.108. The van der Waals surface area contributed by atoms with Crippen LogP contribution >= 0.6 is 15.9 Å². The van der Waals surface area contributed by atoms with E-state index >= 15 is 0 Å². The van der Waals surface area contributed by atoms with E-state index in [4.69, 9.17) is 0 Å². The molecule has 1 aliphatic heterocycles. The fourth-order valence-electron chi connectivity index (χ4n) is 2.21. The molecule has 2 heterocycles. The van der Waals surface area contributed by atoms with Gasteiger partial charge in [0.2, 0.25) is 0 Å². The van der Waals surface area contributed by atoms with Gasteiger partial charge in [-0.25, -0.2) is 0 Å². The average molecular weight is 311 g/mol. The van der Waals surface area contributed by atoms with Gasteiger partial charge in [-0.05, 0) is 47.2 Å². The molecule has 1 saturated heterocycles. The quantitative estimate of drug-likeness (QED) is 0.796. The van der Waals surface area contributed by atoms with E-state index in [1.165, 1.54) is 0 Å². The van der Waals surface area contributed by atoms with E-state index in [-0.39, 0.29) is 5.91 Å². The first-order valence-electron chi connectivity index (χ1n) is 6.30. The molecule has 1 aliphatic rings. The minimum atomic E-state index is 0.108. The Labute approximate surface area is 117 Å². The number of carbonyl (C=O) groups is 1. The summed E-state index contributed by atoms with van der Waals surface area (Å²) in [4.78, 5) is 18.6. The van der Waals surface area contributed by atoms with Crippen molar-refractivity contribution in [1.29, 1.82) is 0 Å². The van der Waals surface area contributed by atoms with E-state index in [9.17, 15) is 4.79 Å². The predicted octanol–water partition coefficient (Wildman–Crippen LogP) is 3.41. The molecule has 0 radical (unpaired) electrons. The second-order valence-corrected chi connectivity index (χ2v) is 6.66. The molecule has 0 atom stereocenters. The highest BCUT2D eigenvalue weighted by Gasteiger charge is 2.28. The Morgan fingerprint density at radius 3 is 2.61 bits per heavy atom. The molecule has 0 saturated carbocycles. The number of pyridine rings is 1. The Morgan fingerprint density at radius 1 is 1.39 bits per heavy atom. The van der Waals surface area contributed by atoms with E-state index in [1.807, 2.05) is 17.9 Å². The fraction of sp³-hybridized carbons (Fsp3) is 0.571. The molecule has 2 rings (SSSR count). The zero-order valence-electron chi connectivity index (χ0n) is 11.2. The van der Waals surface area contributed by atoms with Crippen molar-refractivity contribution in [3.05, 3.63) is 28.0 Å². The van der Waals surface area contributed by atoms with Crippen LogP contribution < -0.4 is 0 Å². The largest absolute Gasteiger partial charge is 0.339 e. The number of aromatic nitrogens is 1. The van der Waals surface area contributed by atoms with Gasteiger partial charge >= 0.3 is 0 Å². The van der Waals surface area contributed by atoms with Crippen LogP contribution in [0.15, 0.2) is 16.7 Å². The summed E-state index contributed by atoms with van der Waals surface area (Å²) in [5.41, 5.74) is 1.87. The Hall–Kier alpha value is -0.900. The zero-order valence-corrected chi connectivity index (χ0v) is 12.7. The SMILES string of the molecule is Cc1ncc(Br)cc1C(=O)N1CCC(C)(C)CC1. The van der Waals surface area contributed by atoms with Gasteiger partial charge < -0.3 is 4.90 Å². The number of aryl methyl sites for hydroxylation is 1. The maximum atomic E-state index is 12.4. The smallest absolute Gasteiger partial charge is 0.255 e. The molecule has 0 aliphatic carbocycles.